The molecule has 0 unspecified atom stereocenters. The van der Waals surface area contributed by atoms with Crippen LogP contribution in [0.15, 0.2) is 48.8 Å². The maximum absolute atomic E-state index is 4.35. The van der Waals surface area contributed by atoms with Crippen LogP contribution in [0.1, 0.15) is 6.92 Å². The smallest absolute Gasteiger partial charge is 0.0964 e. The molecule has 0 saturated carbocycles. The average Bonchev–Trinajstić information content (AvgIpc) is 2.40. The van der Waals surface area contributed by atoms with Crippen molar-refractivity contribution in [2.75, 3.05) is 5.33 Å². The summed E-state index contributed by atoms with van der Waals surface area (Å²) in [6, 6.07) is 12.1. The summed E-state index contributed by atoms with van der Waals surface area (Å²) in [6.45, 7) is 2.04. The molecule has 3 rings (SSSR count). The zero-order valence-corrected chi connectivity index (χ0v) is 11.2. The molecule has 3 heteroatoms. The molecule has 0 aliphatic carbocycles. The van der Waals surface area contributed by atoms with Gasteiger partial charge < -0.3 is 0 Å². The number of fused-ring (bicyclic) bond motifs is 3. The number of halogens is 1. The third kappa shape index (κ3) is 2.61. The minimum absolute atomic E-state index is 0.977. The molecule has 2 aromatic heterocycles. The van der Waals surface area contributed by atoms with Crippen molar-refractivity contribution in [2.45, 2.75) is 6.92 Å². The van der Waals surface area contributed by atoms with Crippen molar-refractivity contribution in [1.29, 1.82) is 0 Å². The van der Waals surface area contributed by atoms with E-state index in [0.717, 1.165) is 27.1 Å². The van der Waals surface area contributed by atoms with Crippen molar-refractivity contribution in [3.63, 3.8) is 0 Å². The fourth-order valence-corrected chi connectivity index (χ4v) is 1.68. The topological polar surface area (TPSA) is 25.8 Å². The normalized spacial score (nSPS) is 10.0. The van der Waals surface area contributed by atoms with Gasteiger partial charge in [0.2, 0.25) is 0 Å². The molecule has 0 aliphatic heterocycles. The van der Waals surface area contributed by atoms with Crippen LogP contribution < -0.4 is 0 Å². The summed E-state index contributed by atoms with van der Waals surface area (Å²) in [4.78, 5) is 8.69. The van der Waals surface area contributed by atoms with E-state index in [1.807, 2.05) is 19.1 Å². The van der Waals surface area contributed by atoms with E-state index < -0.39 is 0 Å². The molecule has 0 aliphatic rings. The Kier molecular flexibility index (Phi) is 4.04. The zero-order chi connectivity index (χ0) is 12.1. The van der Waals surface area contributed by atoms with E-state index >= 15 is 0 Å². The van der Waals surface area contributed by atoms with Gasteiger partial charge in [0.15, 0.2) is 0 Å². The average molecular weight is 289 g/mol. The summed E-state index contributed by atoms with van der Waals surface area (Å²) in [5.41, 5.74) is 1.95. The van der Waals surface area contributed by atoms with E-state index in [-0.39, 0.29) is 0 Å². The third-order valence-electron chi connectivity index (χ3n) is 2.34. The van der Waals surface area contributed by atoms with Crippen LogP contribution in [0.3, 0.4) is 0 Å². The first kappa shape index (κ1) is 12.0. The second-order valence-electron chi connectivity index (χ2n) is 3.48. The molecular weight excluding hydrogens is 276 g/mol. The minimum Gasteiger partial charge on any atom is -0.254 e. The Hall–Kier alpha value is -1.48. The fourth-order valence-electron chi connectivity index (χ4n) is 1.68. The summed E-state index contributed by atoms with van der Waals surface area (Å²) < 4.78 is 0. The van der Waals surface area contributed by atoms with Gasteiger partial charge in [0.1, 0.15) is 0 Å². The van der Waals surface area contributed by atoms with Crippen LogP contribution >= 0.6 is 15.9 Å². The Labute approximate surface area is 109 Å². The molecule has 0 atom stereocenters. The van der Waals surface area contributed by atoms with Gasteiger partial charge >= 0.3 is 0 Å². The van der Waals surface area contributed by atoms with Crippen molar-refractivity contribution < 1.29 is 0 Å². The summed E-state index contributed by atoms with van der Waals surface area (Å²) >= 11 is 3.15. The number of alkyl halides is 1. The number of aromatic nitrogens is 2. The molecule has 17 heavy (non-hydrogen) atoms. The monoisotopic (exact) mass is 288 g/mol. The molecule has 0 saturated heterocycles. The summed E-state index contributed by atoms with van der Waals surface area (Å²) in [5, 5.41) is 3.34. The van der Waals surface area contributed by atoms with Gasteiger partial charge in [-0.15, -0.1) is 0 Å². The molecule has 0 fully saturated rings. The van der Waals surface area contributed by atoms with Crippen LogP contribution in [0.5, 0.6) is 0 Å². The largest absolute Gasteiger partial charge is 0.254 e. The van der Waals surface area contributed by atoms with Gasteiger partial charge in [-0.25, -0.2) is 0 Å². The lowest BCUT2D eigenvalue weighted by molar-refractivity contribution is 1.37. The lowest BCUT2D eigenvalue weighted by Crippen LogP contribution is -1.83. The Bertz CT molecular complexity index is 568. The van der Waals surface area contributed by atoms with Crippen LogP contribution in [0.4, 0.5) is 0 Å². The Morgan fingerprint density at radius 3 is 1.71 bits per heavy atom. The first-order valence-electron chi connectivity index (χ1n) is 5.51. The van der Waals surface area contributed by atoms with Crippen molar-refractivity contribution in [3.05, 3.63) is 48.8 Å². The van der Waals surface area contributed by atoms with E-state index in [2.05, 4.69) is 50.2 Å². The highest BCUT2D eigenvalue weighted by molar-refractivity contribution is 9.09. The first-order valence-corrected chi connectivity index (χ1v) is 6.63. The molecule has 0 radical (unpaired) electrons. The lowest BCUT2D eigenvalue weighted by atomic mass is 10.1. The predicted octanol–water partition coefficient (Wildman–Crippen LogP) is 4.18. The van der Waals surface area contributed by atoms with Crippen LogP contribution in [0.2, 0.25) is 0 Å². The maximum Gasteiger partial charge on any atom is 0.0964 e. The first-order chi connectivity index (χ1) is 8.36. The van der Waals surface area contributed by atoms with E-state index in [4.69, 9.17) is 0 Å². The maximum atomic E-state index is 4.35. The van der Waals surface area contributed by atoms with Crippen LogP contribution in [0, 0.1) is 0 Å². The van der Waals surface area contributed by atoms with Gasteiger partial charge in [0.05, 0.1) is 11.0 Å². The Morgan fingerprint density at radius 1 is 0.882 bits per heavy atom. The molecule has 3 aromatic rings. The predicted molar refractivity (Wildman–Crippen MR) is 76.5 cm³/mol. The fraction of sp³-hybridized carbons (Fsp3) is 0.143. The number of nitrogens with zero attached hydrogens (tertiary/aromatic N) is 2. The molecule has 0 N–H and O–H groups in total. The van der Waals surface area contributed by atoms with E-state index in [9.17, 15) is 0 Å². The molecular formula is C14H13BrN2. The second kappa shape index (κ2) is 5.73. The molecule has 86 valence electrons. The van der Waals surface area contributed by atoms with Crippen LogP contribution in [-0.4, -0.2) is 15.3 Å². The molecule has 2 nitrogen and oxygen atoms in total. The van der Waals surface area contributed by atoms with Gasteiger partial charge in [0.25, 0.3) is 0 Å². The van der Waals surface area contributed by atoms with Crippen LogP contribution in [0.25, 0.3) is 21.8 Å². The van der Waals surface area contributed by atoms with Gasteiger partial charge in [-0.2, -0.15) is 0 Å². The Morgan fingerprint density at radius 2 is 1.29 bits per heavy atom. The van der Waals surface area contributed by atoms with E-state index in [0.29, 0.717) is 0 Å². The number of rotatable bonds is 0. The van der Waals surface area contributed by atoms with Gasteiger partial charge in [-0.05, 0) is 12.1 Å². The van der Waals surface area contributed by atoms with E-state index in [1.165, 1.54) is 0 Å². The highest BCUT2D eigenvalue weighted by atomic mass is 79.9. The highest BCUT2D eigenvalue weighted by Gasteiger charge is 2.00. The quantitative estimate of drug-likeness (QED) is 0.458. The molecule has 0 spiro atoms. The zero-order valence-electron chi connectivity index (χ0n) is 9.60. The number of hydrogen-bond donors (Lipinski definition) is 0. The number of pyridine rings is 2. The molecule has 2 heterocycles. The SMILES string of the molecule is CCBr.c1cnc2c(c1)ccc1cccnc12. The van der Waals surface area contributed by atoms with Crippen molar-refractivity contribution in [3.8, 4) is 0 Å². The van der Waals surface area contributed by atoms with Gasteiger partial charge in [-0.1, -0.05) is 47.1 Å². The van der Waals surface area contributed by atoms with E-state index in [1.54, 1.807) is 12.4 Å². The standard InChI is InChI=1S/C12H8N2.C2H5Br/c1-3-9-5-6-10-4-2-8-14-12(10)11(9)13-7-1;1-2-3/h1-8H;2H2,1H3. The highest BCUT2D eigenvalue weighted by Crippen LogP contribution is 2.20. The summed E-state index contributed by atoms with van der Waals surface area (Å²) in [5.74, 6) is 0. The number of benzene rings is 1. The minimum atomic E-state index is 0.977. The molecule has 0 amide bonds. The third-order valence-corrected chi connectivity index (χ3v) is 2.34. The van der Waals surface area contributed by atoms with Crippen molar-refractivity contribution >= 4 is 37.7 Å². The Balaban J connectivity index is 0.000000329. The lowest BCUT2D eigenvalue weighted by Gasteiger charge is -2.00. The number of hydrogen-bond acceptors (Lipinski definition) is 2. The second-order valence-corrected chi connectivity index (χ2v) is 4.60. The van der Waals surface area contributed by atoms with Crippen LogP contribution in [-0.2, 0) is 0 Å². The van der Waals surface area contributed by atoms with Crippen molar-refractivity contribution in [1.82, 2.24) is 9.97 Å². The summed E-state index contributed by atoms with van der Waals surface area (Å²) in [6.07, 6.45) is 3.60. The molecule has 0 bridgehead atoms. The summed E-state index contributed by atoms with van der Waals surface area (Å²) in [7, 11) is 0. The molecule has 1 aromatic carbocycles. The van der Waals surface area contributed by atoms with Crippen molar-refractivity contribution in [2.24, 2.45) is 0 Å². The van der Waals surface area contributed by atoms with Gasteiger partial charge in [0, 0.05) is 28.5 Å². The van der Waals surface area contributed by atoms with Gasteiger partial charge in [-0.3, -0.25) is 9.97 Å².